The third kappa shape index (κ3) is 2.51. The van der Waals surface area contributed by atoms with Gasteiger partial charge in [0.2, 0.25) is 11.8 Å². The van der Waals surface area contributed by atoms with E-state index in [9.17, 15) is 14.4 Å². The van der Waals surface area contributed by atoms with Gasteiger partial charge in [-0.3, -0.25) is 24.6 Å². The Kier molecular flexibility index (Phi) is 3.89. The lowest BCUT2D eigenvalue weighted by atomic mass is 9.97. The molecule has 28 heavy (non-hydrogen) atoms. The maximum absolute atomic E-state index is 13.2. The smallest absolute Gasteiger partial charge is 0.259 e. The summed E-state index contributed by atoms with van der Waals surface area (Å²) >= 11 is 0. The quantitative estimate of drug-likeness (QED) is 0.817. The molecule has 0 spiro atoms. The van der Waals surface area contributed by atoms with Crippen LogP contribution in [0.4, 0.5) is 11.4 Å². The van der Waals surface area contributed by atoms with Gasteiger partial charge in [-0.15, -0.1) is 0 Å². The molecule has 2 saturated heterocycles. The van der Waals surface area contributed by atoms with Crippen LogP contribution in [0.15, 0.2) is 30.3 Å². The number of rotatable bonds is 2. The number of hydrogen-bond acceptors (Lipinski definition) is 4. The van der Waals surface area contributed by atoms with Crippen LogP contribution in [0.5, 0.6) is 0 Å². The van der Waals surface area contributed by atoms with Gasteiger partial charge in [0.05, 0.1) is 5.69 Å². The third-order valence-electron chi connectivity index (χ3n) is 6.35. The van der Waals surface area contributed by atoms with E-state index in [2.05, 4.69) is 29.3 Å². The van der Waals surface area contributed by atoms with Crippen LogP contribution in [0.2, 0.25) is 0 Å². The molecule has 0 radical (unpaired) electrons. The minimum atomic E-state index is -0.637. The zero-order valence-electron chi connectivity index (χ0n) is 15.9. The van der Waals surface area contributed by atoms with Gasteiger partial charge in [0.15, 0.2) is 0 Å². The number of carbonyl (C=O) groups is 3. The summed E-state index contributed by atoms with van der Waals surface area (Å²) in [6.07, 6.45) is 2.95. The lowest BCUT2D eigenvalue weighted by molar-refractivity contribution is -0.134. The zero-order valence-corrected chi connectivity index (χ0v) is 15.9. The Morgan fingerprint density at radius 1 is 0.964 bits per heavy atom. The van der Waals surface area contributed by atoms with Gasteiger partial charge in [0, 0.05) is 41.5 Å². The van der Waals surface area contributed by atoms with Gasteiger partial charge >= 0.3 is 0 Å². The van der Waals surface area contributed by atoms with Crippen LogP contribution in [-0.2, 0) is 9.59 Å². The molecule has 0 bridgehead atoms. The second-order valence-electron chi connectivity index (χ2n) is 8.14. The fourth-order valence-corrected chi connectivity index (χ4v) is 4.75. The number of anilines is 2. The van der Waals surface area contributed by atoms with Crippen molar-refractivity contribution in [2.45, 2.75) is 38.6 Å². The minimum absolute atomic E-state index is 0.153. The van der Waals surface area contributed by atoms with Crippen molar-refractivity contribution in [3.05, 3.63) is 35.9 Å². The molecular weight excluding hydrogens is 354 g/mol. The van der Waals surface area contributed by atoms with Gasteiger partial charge in [-0.25, -0.2) is 0 Å². The highest BCUT2D eigenvalue weighted by molar-refractivity contribution is 6.28. The highest BCUT2D eigenvalue weighted by Gasteiger charge is 2.41. The summed E-state index contributed by atoms with van der Waals surface area (Å²) in [5, 5.41) is 4.36. The van der Waals surface area contributed by atoms with E-state index < -0.39 is 6.04 Å². The van der Waals surface area contributed by atoms with Crippen molar-refractivity contribution in [2.24, 2.45) is 5.92 Å². The summed E-state index contributed by atoms with van der Waals surface area (Å²) in [4.78, 5) is 41.1. The lowest BCUT2D eigenvalue weighted by Crippen LogP contribution is -2.53. The first-order valence-electron chi connectivity index (χ1n) is 10.0. The van der Waals surface area contributed by atoms with E-state index in [1.807, 2.05) is 18.2 Å². The summed E-state index contributed by atoms with van der Waals surface area (Å²) in [5.74, 6) is -0.0676. The van der Waals surface area contributed by atoms with Crippen molar-refractivity contribution in [1.82, 2.24) is 5.32 Å². The first-order chi connectivity index (χ1) is 13.5. The number of carbonyl (C=O) groups excluding carboxylic acids is 3. The van der Waals surface area contributed by atoms with Gasteiger partial charge in [0.1, 0.15) is 6.04 Å². The standard InChI is InChI=1S/C22H23N3O3/c1-13-9-11-24(12-10-13)16-5-6-17-20-14(16)3-2-4-15(20)22(28)25(17)18-7-8-19(26)23-21(18)27/h2-6,13,18H,7-12H2,1H3,(H,23,26,27). The third-order valence-corrected chi connectivity index (χ3v) is 6.35. The Bertz CT molecular complexity index is 1010. The molecule has 0 aromatic heterocycles. The summed E-state index contributed by atoms with van der Waals surface area (Å²) in [6.45, 7) is 4.33. The SMILES string of the molecule is CC1CCN(c2ccc3c4c(cccc24)C(=O)N3C2CCC(=O)NC2=O)CC1. The second-order valence-corrected chi connectivity index (χ2v) is 8.14. The van der Waals surface area contributed by atoms with Crippen LogP contribution in [0, 0.1) is 5.92 Å². The first kappa shape index (κ1) is 17.2. The van der Waals surface area contributed by atoms with Gasteiger partial charge < -0.3 is 4.90 Å². The number of amides is 3. The van der Waals surface area contributed by atoms with E-state index in [1.165, 1.54) is 12.8 Å². The van der Waals surface area contributed by atoms with E-state index in [4.69, 9.17) is 0 Å². The highest BCUT2D eigenvalue weighted by Crippen LogP contribution is 2.43. The molecular formula is C22H23N3O3. The monoisotopic (exact) mass is 377 g/mol. The van der Waals surface area contributed by atoms with Crippen LogP contribution < -0.4 is 15.1 Å². The van der Waals surface area contributed by atoms with Crippen LogP contribution in [-0.4, -0.2) is 36.9 Å². The minimum Gasteiger partial charge on any atom is -0.371 e. The molecule has 3 heterocycles. The summed E-state index contributed by atoms with van der Waals surface area (Å²) < 4.78 is 0. The van der Waals surface area contributed by atoms with Crippen LogP contribution >= 0.6 is 0 Å². The Hall–Kier alpha value is -2.89. The number of hydrogen-bond donors (Lipinski definition) is 1. The molecule has 0 aliphatic carbocycles. The van der Waals surface area contributed by atoms with Crippen LogP contribution in [0.3, 0.4) is 0 Å². The molecule has 2 aromatic rings. The van der Waals surface area contributed by atoms with Gasteiger partial charge in [0.25, 0.3) is 5.91 Å². The molecule has 6 nitrogen and oxygen atoms in total. The number of nitrogens with one attached hydrogen (secondary N) is 1. The summed E-state index contributed by atoms with van der Waals surface area (Å²) in [7, 11) is 0. The molecule has 1 N–H and O–H groups in total. The Morgan fingerprint density at radius 3 is 2.46 bits per heavy atom. The molecule has 2 fully saturated rings. The van der Waals surface area contributed by atoms with E-state index in [1.54, 1.807) is 4.90 Å². The van der Waals surface area contributed by atoms with E-state index in [0.29, 0.717) is 12.0 Å². The van der Waals surface area contributed by atoms with E-state index >= 15 is 0 Å². The molecule has 0 saturated carbocycles. The Labute approximate surface area is 163 Å². The van der Waals surface area contributed by atoms with Crippen molar-refractivity contribution < 1.29 is 14.4 Å². The normalized spacial score (nSPS) is 22.9. The average molecular weight is 377 g/mol. The van der Waals surface area contributed by atoms with Gasteiger partial charge in [-0.2, -0.15) is 0 Å². The zero-order chi connectivity index (χ0) is 19.4. The van der Waals surface area contributed by atoms with E-state index in [-0.39, 0.29) is 24.1 Å². The van der Waals surface area contributed by atoms with Gasteiger partial charge in [-0.05, 0) is 43.4 Å². The maximum atomic E-state index is 13.2. The van der Waals surface area contributed by atoms with E-state index in [0.717, 1.165) is 41.2 Å². The van der Waals surface area contributed by atoms with Crippen LogP contribution in [0.1, 0.15) is 43.0 Å². The second kappa shape index (κ2) is 6.33. The predicted molar refractivity (Wildman–Crippen MR) is 108 cm³/mol. The van der Waals surface area contributed by atoms with Crippen LogP contribution in [0.25, 0.3) is 10.8 Å². The molecule has 3 amide bonds. The fraction of sp³-hybridized carbons (Fsp3) is 0.409. The Balaban J connectivity index is 1.59. The molecule has 2 aromatic carbocycles. The summed E-state index contributed by atoms with van der Waals surface area (Å²) in [6, 6.07) is 9.23. The average Bonchev–Trinajstić information content (AvgIpc) is 2.97. The summed E-state index contributed by atoms with van der Waals surface area (Å²) in [5.41, 5.74) is 2.58. The topological polar surface area (TPSA) is 69.7 Å². The first-order valence-corrected chi connectivity index (χ1v) is 10.0. The van der Waals surface area contributed by atoms with Crippen molar-refractivity contribution in [2.75, 3.05) is 22.9 Å². The molecule has 1 unspecified atom stereocenters. The van der Waals surface area contributed by atoms with Crippen molar-refractivity contribution in [3.8, 4) is 0 Å². The molecule has 3 aliphatic rings. The van der Waals surface area contributed by atoms with Gasteiger partial charge in [-0.1, -0.05) is 19.1 Å². The maximum Gasteiger partial charge on any atom is 0.259 e. The van der Waals surface area contributed by atoms with Crippen molar-refractivity contribution in [1.29, 1.82) is 0 Å². The largest absolute Gasteiger partial charge is 0.371 e. The number of piperidine rings is 2. The molecule has 1 atom stereocenters. The number of imide groups is 1. The highest BCUT2D eigenvalue weighted by atomic mass is 16.2. The molecule has 3 aliphatic heterocycles. The number of nitrogens with zero attached hydrogens (tertiary/aromatic N) is 2. The van der Waals surface area contributed by atoms with Crippen molar-refractivity contribution >= 4 is 39.9 Å². The lowest BCUT2D eigenvalue weighted by Gasteiger charge is -2.33. The fourth-order valence-electron chi connectivity index (χ4n) is 4.75. The molecule has 5 rings (SSSR count). The van der Waals surface area contributed by atoms with Crippen molar-refractivity contribution in [3.63, 3.8) is 0 Å². The number of benzene rings is 2. The Morgan fingerprint density at radius 2 is 1.71 bits per heavy atom. The molecule has 6 heteroatoms. The molecule has 144 valence electrons. The predicted octanol–water partition coefficient (Wildman–Crippen LogP) is 2.84.